The number of benzene rings is 2. The Morgan fingerprint density at radius 3 is 2.61 bits per heavy atom. The summed E-state index contributed by atoms with van der Waals surface area (Å²) in [6, 6.07) is 15.4. The Labute approximate surface area is 175 Å². The molecule has 0 aromatic heterocycles. The van der Waals surface area contributed by atoms with E-state index in [1.54, 1.807) is 11.8 Å². The molecule has 0 aliphatic heterocycles. The van der Waals surface area contributed by atoms with Crippen LogP contribution >= 0.6 is 11.8 Å². The summed E-state index contributed by atoms with van der Waals surface area (Å²) in [5.41, 5.74) is 7.53. The highest BCUT2D eigenvalue weighted by Gasteiger charge is 2.03. The van der Waals surface area contributed by atoms with Crippen LogP contribution in [0.1, 0.15) is 42.0 Å². The standard InChI is InChI=1S/C25H34N2S/c1-5-26-25-16-11-20(2)19-24(25)10-8-17-27-21(3)23-14-12-22(13-15-23)9-6-7-18-28-4/h7,11-16,18-19,26-27H,3,5-6,8-10,17H2,1-2,4H3/b18-7-. The van der Waals surface area contributed by atoms with E-state index in [1.807, 2.05) is 0 Å². The van der Waals surface area contributed by atoms with E-state index in [2.05, 4.69) is 91.3 Å². The molecule has 0 heterocycles. The SMILES string of the molecule is C=C(NCCCc1cc(C)ccc1NCC)c1ccc(CC/C=C\SC)cc1. The Morgan fingerprint density at radius 1 is 1.11 bits per heavy atom. The van der Waals surface area contributed by atoms with Gasteiger partial charge in [-0.05, 0) is 74.0 Å². The number of thioether (sulfide) groups is 1. The van der Waals surface area contributed by atoms with Crippen molar-refractivity contribution in [3.05, 3.63) is 82.8 Å². The molecular weight excluding hydrogens is 360 g/mol. The van der Waals surface area contributed by atoms with Crippen molar-refractivity contribution in [1.82, 2.24) is 5.32 Å². The first-order chi connectivity index (χ1) is 13.6. The summed E-state index contributed by atoms with van der Waals surface area (Å²) in [4.78, 5) is 0. The molecule has 2 rings (SSSR count). The lowest BCUT2D eigenvalue weighted by atomic mass is 10.0. The van der Waals surface area contributed by atoms with Gasteiger partial charge in [0, 0.05) is 24.5 Å². The van der Waals surface area contributed by atoms with Gasteiger partial charge in [0.15, 0.2) is 0 Å². The van der Waals surface area contributed by atoms with Crippen molar-refractivity contribution in [2.24, 2.45) is 0 Å². The molecule has 0 fully saturated rings. The maximum atomic E-state index is 4.21. The number of anilines is 1. The predicted molar refractivity (Wildman–Crippen MR) is 128 cm³/mol. The molecule has 28 heavy (non-hydrogen) atoms. The first-order valence-electron chi connectivity index (χ1n) is 10.2. The van der Waals surface area contributed by atoms with Gasteiger partial charge >= 0.3 is 0 Å². The van der Waals surface area contributed by atoms with Crippen molar-refractivity contribution in [3.63, 3.8) is 0 Å². The van der Waals surface area contributed by atoms with Gasteiger partial charge in [0.2, 0.25) is 0 Å². The molecule has 0 atom stereocenters. The molecular formula is C25H34N2S. The zero-order valence-corrected chi connectivity index (χ0v) is 18.4. The van der Waals surface area contributed by atoms with Crippen molar-refractivity contribution in [3.8, 4) is 0 Å². The fraction of sp³-hybridized carbons (Fsp3) is 0.360. The monoisotopic (exact) mass is 394 g/mol. The minimum Gasteiger partial charge on any atom is -0.385 e. The largest absolute Gasteiger partial charge is 0.385 e. The maximum absolute atomic E-state index is 4.21. The van der Waals surface area contributed by atoms with Gasteiger partial charge in [-0.3, -0.25) is 0 Å². The molecule has 0 bridgehead atoms. The summed E-state index contributed by atoms with van der Waals surface area (Å²) in [7, 11) is 0. The fourth-order valence-electron chi connectivity index (χ4n) is 3.20. The van der Waals surface area contributed by atoms with E-state index < -0.39 is 0 Å². The number of hydrogen-bond donors (Lipinski definition) is 2. The summed E-state index contributed by atoms with van der Waals surface area (Å²) in [5, 5.41) is 9.10. The first-order valence-corrected chi connectivity index (χ1v) is 11.5. The average molecular weight is 395 g/mol. The highest BCUT2D eigenvalue weighted by Crippen LogP contribution is 2.19. The quantitative estimate of drug-likeness (QED) is 0.406. The van der Waals surface area contributed by atoms with Crippen LogP contribution in [0.5, 0.6) is 0 Å². The zero-order valence-electron chi connectivity index (χ0n) is 17.6. The topological polar surface area (TPSA) is 24.1 Å². The van der Waals surface area contributed by atoms with Gasteiger partial charge in [-0.15, -0.1) is 11.8 Å². The molecule has 2 N–H and O–H groups in total. The molecule has 2 nitrogen and oxygen atoms in total. The van der Waals surface area contributed by atoms with Crippen molar-refractivity contribution in [1.29, 1.82) is 0 Å². The van der Waals surface area contributed by atoms with Crippen LogP contribution in [0.25, 0.3) is 5.70 Å². The number of aryl methyl sites for hydroxylation is 3. The maximum Gasteiger partial charge on any atom is 0.0372 e. The van der Waals surface area contributed by atoms with Crippen LogP contribution in [-0.4, -0.2) is 19.3 Å². The molecule has 0 spiro atoms. The first kappa shape index (κ1) is 22.2. The minimum atomic E-state index is 0.930. The van der Waals surface area contributed by atoms with Gasteiger partial charge < -0.3 is 10.6 Å². The van der Waals surface area contributed by atoms with Crippen LogP contribution in [0.4, 0.5) is 5.69 Å². The van der Waals surface area contributed by atoms with Crippen molar-refractivity contribution in [2.75, 3.05) is 24.7 Å². The Bertz CT molecular complexity index is 763. The summed E-state index contributed by atoms with van der Waals surface area (Å²) in [6.45, 7) is 10.4. The van der Waals surface area contributed by atoms with Crippen LogP contribution in [-0.2, 0) is 12.8 Å². The molecule has 3 heteroatoms. The second-order valence-corrected chi connectivity index (χ2v) is 7.79. The van der Waals surface area contributed by atoms with Crippen LogP contribution in [0, 0.1) is 6.92 Å². The van der Waals surface area contributed by atoms with Gasteiger partial charge in [0.05, 0.1) is 0 Å². The lowest BCUT2D eigenvalue weighted by molar-refractivity contribution is 0.763. The van der Waals surface area contributed by atoms with E-state index in [9.17, 15) is 0 Å². The second-order valence-electron chi connectivity index (χ2n) is 7.04. The third kappa shape index (κ3) is 7.47. The average Bonchev–Trinajstić information content (AvgIpc) is 2.71. The molecule has 0 saturated heterocycles. The Balaban J connectivity index is 1.78. The van der Waals surface area contributed by atoms with E-state index in [1.165, 1.54) is 27.9 Å². The summed E-state index contributed by atoms with van der Waals surface area (Å²) >= 11 is 1.75. The fourth-order valence-corrected chi connectivity index (χ4v) is 3.53. The Kier molecular flexibility index (Phi) is 9.78. The normalized spacial score (nSPS) is 11.0. The summed E-state index contributed by atoms with van der Waals surface area (Å²) in [6.07, 6.45) is 8.64. The summed E-state index contributed by atoms with van der Waals surface area (Å²) < 4.78 is 0. The number of rotatable bonds is 12. The number of allylic oxidation sites excluding steroid dienone is 1. The highest BCUT2D eigenvalue weighted by atomic mass is 32.2. The number of hydrogen-bond acceptors (Lipinski definition) is 3. The Hall–Kier alpha value is -2.13. The van der Waals surface area contributed by atoms with Crippen LogP contribution in [0.2, 0.25) is 0 Å². The highest BCUT2D eigenvalue weighted by molar-refractivity contribution is 8.01. The van der Waals surface area contributed by atoms with Gasteiger partial charge in [-0.25, -0.2) is 0 Å². The molecule has 150 valence electrons. The molecule has 2 aromatic rings. The Morgan fingerprint density at radius 2 is 1.89 bits per heavy atom. The van der Waals surface area contributed by atoms with Crippen molar-refractivity contribution in [2.45, 2.75) is 39.5 Å². The predicted octanol–water partition coefficient (Wildman–Crippen LogP) is 6.43. The summed E-state index contributed by atoms with van der Waals surface area (Å²) in [5.74, 6) is 0. The zero-order chi connectivity index (χ0) is 20.2. The third-order valence-corrected chi connectivity index (χ3v) is 5.19. The van der Waals surface area contributed by atoms with E-state index in [0.29, 0.717) is 0 Å². The van der Waals surface area contributed by atoms with Gasteiger partial charge in [0.1, 0.15) is 0 Å². The molecule has 0 amide bonds. The van der Waals surface area contributed by atoms with E-state index >= 15 is 0 Å². The molecule has 0 saturated carbocycles. The lowest BCUT2D eigenvalue weighted by Crippen LogP contribution is -2.14. The van der Waals surface area contributed by atoms with Crippen LogP contribution in [0.3, 0.4) is 0 Å². The van der Waals surface area contributed by atoms with Crippen LogP contribution < -0.4 is 10.6 Å². The minimum absolute atomic E-state index is 0.930. The second kappa shape index (κ2) is 12.4. The van der Waals surface area contributed by atoms with E-state index in [0.717, 1.165) is 44.5 Å². The molecule has 0 aliphatic rings. The molecule has 0 radical (unpaired) electrons. The molecule has 0 unspecified atom stereocenters. The number of nitrogens with one attached hydrogen (secondary N) is 2. The molecule has 0 aliphatic carbocycles. The van der Waals surface area contributed by atoms with Crippen LogP contribution in [0.15, 0.2) is 60.5 Å². The molecule has 2 aromatic carbocycles. The lowest BCUT2D eigenvalue weighted by Gasteiger charge is -2.13. The van der Waals surface area contributed by atoms with E-state index in [-0.39, 0.29) is 0 Å². The van der Waals surface area contributed by atoms with Crippen molar-refractivity contribution >= 4 is 23.1 Å². The van der Waals surface area contributed by atoms with Gasteiger partial charge in [0.25, 0.3) is 0 Å². The van der Waals surface area contributed by atoms with Gasteiger partial charge in [-0.1, -0.05) is 54.6 Å². The third-order valence-electron chi connectivity index (χ3n) is 4.72. The van der Waals surface area contributed by atoms with Gasteiger partial charge in [-0.2, -0.15) is 0 Å². The smallest absolute Gasteiger partial charge is 0.0372 e. The van der Waals surface area contributed by atoms with Crippen molar-refractivity contribution < 1.29 is 0 Å². The van der Waals surface area contributed by atoms with E-state index in [4.69, 9.17) is 0 Å².